The standard InChI is InChI=1S/C17H23FN6O/c1-19-17(25)10-23-6-4-14(5-7-23)21-9-13-2-3-16(15(18)8-13)24-12-20-11-22-24/h2-3,8,11-12,14,21H,4-7,9-10H2,1H3,(H,19,25). The third kappa shape index (κ3) is 4.61. The van der Waals surface area contributed by atoms with Crippen molar-refractivity contribution < 1.29 is 9.18 Å². The largest absolute Gasteiger partial charge is 0.358 e. The van der Waals surface area contributed by atoms with E-state index < -0.39 is 0 Å². The molecule has 1 aliphatic heterocycles. The van der Waals surface area contributed by atoms with E-state index in [1.165, 1.54) is 23.4 Å². The Morgan fingerprint density at radius 1 is 1.36 bits per heavy atom. The molecule has 0 spiro atoms. The molecule has 2 heterocycles. The van der Waals surface area contributed by atoms with Crippen molar-refractivity contribution in [3.63, 3.8) is 0 Å². The molecule has 1 aliphatic rings. The number of halogens is 1. The molecule has 134 valence electrons. The second-order valence-electron chi connectivity index (χ2n) is 6.23. The number of likely N-dealkylation sites (tertiary alicyclic amines) is 1. The Bertz CT molecular complexity index is 697. The average Bonchev–Trinajstić information content (AvgIpc) is 3.15. The van der Waals surface area contributed by atoms with Gasteiger partial charge in [0.15, 0.2) is 0 Å². The maximum absolute atomic E-state index is 14.2. The SMILES string of the molecule is CNC(=O)CN1CCC(NCc2ccc(-n3cncn3)c(F)c2)CC1. The fourth-order valence-electron chi connectivity index (χ4n) is 3.02. The number of nitrogens with zero attached hydrogens (tertiary/aromatic N) is 4. The molecular weight excluding hydrogens is 323 g/mol. The molecule has 1 amide bonds. The molecule has 25 heavy (non-hydrogen) atoms. The summed E-state index contributed by atoms with van der Waals surface area (Å²) < 4.78 is 15.6. The van der Waals surface area contributed by atoms with Crippen LogP contribution in [0.5, 0.6) is 0 Å². The van der Waals surface area contributed by atoms with Crippen molar-refractivity contribution in [2.45, 2.75) is 25.4 Å². The number of amides is 1. The highest BCUT2D eigenvalue weighted by molar-refractivity contribution is 5.77. The summed E-state index contributed by atoms with van der Waals surface area (Å²) in [7, 11) is 1.66. The second kappa shape index (κ2) is 8.17. The molecule has 2 N–H and O–H groups in total. The molecule has 8 heteroatoms. The van der Waals surface area contributed by atoms with Crippen LogP contribution in [0.2, 0.25) is 0 Å². The quantitative estimate of drug-likeness (QED) is 0.806. The lowest BCUT2D eigenvalue weighted by Gasteiger charge is -2.31. The first-order chi connectivity index (χ1) is 12.2. The third-order valence-corrected chi connectivity index (χ3v) is 4.51. The molecule has 0 aliphatic carbocycles. The number of carbonyl (C=O) groups excluding carboxylic acids is 1. The molecule has 0 unspecified atom stereocenters. The van der Waals surface area contributed by atoms with Crippen LogP contribution < -0.4 is 10.6 Å². The highest BCUT2D eigenvalue weighted by Gasteiger charge is 2.20. The summed E-state index contributed by atoms with van der Waals surface area (Å²) in [5.74, 6) is -0.264. The first-order valence-corrected chi connectivity index (χ1v) is 8.45. The molecule has 7 nitrogen and oxygen atoms in total. The first kappa shape index (κ1) is 17.5. The first-order valence-electron chi connectivity index (χ1n) is 8.45. The van der Waals surface area contributed by atoms with Gasteiger partial charge in [0, 0.05) is 32.7 Å². The van der Waals surface area contributed by atoms with Gasteiger partial charge in [-0.3, -0.25) is 9.69 Å². The molecule has 0 saturated carbocycles. The number of rotatable bonds is 6. The van der Waals surface area contributed by atoms with Crippen molar-refractivity contribution in [3.8, 4) is 5.69 Å². The van der Waals surface area contributed by atoms with Crippen LogP contribution in [0.4, 0.5) is 4.39 Å². The van der Waals surface area contributed by atoms with E-state index in [1.54, 1.807) is 13.1 Å². The van der Waals surface area contributed by atoms with E-state index in [4.69, 9.17) is 0 Å². The predicted molar refractivity (Wildman–Crippen MR) is 91.7 cm³/mol. The molecule has 3 rings (SSSR count). The lowest BCUT2D eigenvalue weighted by Crippen LogP contribution is -2.45. The number of nitrogens with one attached hydrogen (secondary N) is 2. The topological polar surface area (TPSA) is 75.1 Å². The van der Waals surface area contributed by atoms with Gasteiger partial charge in [0.05, 0.1) is 6.54 Å². The summed E-state index contributed by atoms with van der Waals surface area (Å²) in [5.41, 5.74) is 1.29. The Hall–Kier alpha value is -2.32. The monoisotopic (exact) mass is 346 g/mol. The van der Waals surface area contributed by atoms with Crippen molar-refractivity contribution in [2.24, 2.45) is 0 Å². The number of piperidine rings is 1. The van der Waals surface area contributed by atoms with Gasteiger partial charge in [-0.2, -0.15) is 5.10 Å². The fraction of sp³-hybridized carbons (Fsp3) is 0.471. The Balaban J connectivity index is 1.48. The van der Waals surface area contributed by atoms with Crippen molar-refractivity contribution in [2.75, 3.05) is 26.7 Å². The van der Waals surface area contributed by atoms with Crippen molar-refractivity contribution in [1.82, 2.24) is 30.3 Å². The van der Waals surface area contributed by atoms with Gasteiger partial charge in [-0.15, -0.1) is 0 Å². The van der Waals surface area contributed by atoms with Crippen LogP contribution in [0.15, 0.2) is 30.9 Å². The van der Waals surface area contributed by atoms with Gasteiger partial charge in [0.2, 0.25) is 5.91 Å². The van der Waals surface area contributed by atoms with Crippen LogP contribution in [0.3, 0.4) is 0 Å². The molecule has 1 fully saturated rings. The number of likely N-dealkylation sites (N-methyl/N-ethyl adjacent to an activating group) is 1. The Kier molecular flexibility index (Phi) is 5.72. The highest BCUT2D eigenvalue weighted by atomic mass is 19.1. The Morgan fingerprint density at radius 2 is 2.16 bits per heavy atom. The van der Waals surface area contributed by atoms with Crippen LogP contribution in [0, 0.1) is 5.82 Å². The Morgan fingerprint density at radius 3 is 2.80 bits per heavy atom. The van der Waals surface area contributed by atoms with Crippen molar-refractivity contribution in [3.05, 3.63) is 42.2 Å². The summed E-state index contributed by atoms with van der Waals surface area (Å²) in [6.45, 7) is 2.86. The van der Waals surface area contributed by atoms with Crippen molar-refractivity contribution >= 4 is 5.91 Å². The van der Waals surface area contributed by atoms with Crippen LogP contribution in [-0.4, -0.2) is 58.3 Å². The van der Waals surface area contributed by atoms with E-state index in [0.29, 0.717) is 24.8 Å². The smallest absolute Gasteiger partial charge is 0.233 e. The predicted octanol–water partition coefficient (Wildman–Crippen LogP) is 0.706. The van der Waals surface area contributed by atoms with Gasteiger partial charge in [0.25, 0.3) is 0 Å². The van der Waals surface area contributed by atoms with Crippen LogP contribution in [0.25, 0.3) is 5.69 Å². The molecule has 0 radical (unpaired) electrons. The second-order valence-corrected chi connectivity index (χ2v) is 6.23. The zero-order valence-electron chi connectivity index (χ0n) is 14.3. The fourth-order valence-corrected chi connectivity index (χ4v) is 3.02. The Labute approximate surface area is 146 Å². The highest BCUT2D eigenvalue weighted by Crippen LogP contribution is 2.15. The lowest BCUT2D eigenvalue weighted by atomic mass is 10.0. The summed E-state index contributed by atoms with van der Waals surface area (Å²) in [5, 5.41) is 10.1. The van der Waals surface area contributed by atoms with Gasteiger partial charge in [-0.1, -0.05) is 6.07 Å². The molecule has 2 aromatic rings. The number of hydrogen-bond donors (Lipinski definition) is 2. The lowest BCUT2D eigenvalue weighted by molar-refractivity contribution is -0.122. The minimum Gasteiger partial charge on any atom is -0.358 e. The summed E-state index contributed by atoms with van der Waals surface area (Å²) in [6.07, 6.45) is 4.82. The molecular formula is C17H23FN6O. The van der Waals surface area contributed by atoms with Crippen molar-refractivity contribution in [1.29, 1.82) is 0 Å². The summed E-state index contributed by atoms with van der Waals surface area (Å²) >= 11 is 0. The van der Waals surface area contributed by atoms with Gasteiger partial charge >= 0.3 is 0 Å². The minimum absolute atomic E-state index is 0.0503. The number of hydrogen-bond acceptors (Lipinski definition) is 5. The maximum Gasteiger partial charge on any atom is 0.233 e. The average molecular weight is 346 g/mol. The number of aromatic nitrogens is 3. The maximum atomic E-state index is 14.2. The van der Waals surface area contributed by atoms with Gasteiger partial charge < -0.3 is 10.6 Å². The summed E-state index contributed by atoms with van der Waals surface area (Å²) in [4.78, 5) is 17.4. The number of carbonyl (C=O) groups is 1. The molecule has 0 atom stereocenters. The van der Waals surface area contributed by atoms with Gasteiger partial charge in [0.1, 0.15) is 24.2 Å². The third-order valence-electron chi connectivity index (χ3n) is 4.51. The molecule has 1 aromatic heterocycles. The zero-order valence-corrected chi connectivity index (χ0v) is 14.3. The molecule has 0 bridgehead atoms. The normalized spacial score (nSPS) is 16.1. The zero-order chi connectivity index (χ0) is 17.6. The molecule has 1 aromatic carbocycles. The van der Waals surface area contributed by atoms with E-state index in [9.17, 15) is 9.18 Å². The number of benzene rings is 1. The van der Waals surface area contributed by atoms with E-state index in [2.05, 4.69) is 25.6 Å². The van der Waals surface area contributed by atoms with E-state index in [0.717, 1.165) is 31.5 Å². The van der Waals surface area contributed by atoms with Gasteiger partial charge in [-0.25, -0.2) is 14.1 Å². The van der Waals surface area contributed by atoms with E-state index >= 15 is 0 Å². The molecule has 1 saturated heterocycles. The van der Waals surface area contributed by atoms with E-state index in [1.807, 2.05) is 6.07 Å². The van der Waals surface area contributed by atoms with Gasteiger partial charge in [-0.05, 0) is 30.5 Å². The summed E-state index contributed by atoms with van der Waals surface area (Å²) in [6, 6.07) is 5.53. The van der Waals surface area contributed by atoms with Crippen LogP contribution in [0.1, 0.15) is 18.4 Å². The van der Waals surface area contributed by atoms with Crippen LogP contribution >= 0.6 is 0 Å². The van der Waals surface area contributed by atoms with E-state index in [-0.39, 0.29) is 11.7 Å². The van der Waals surface area contributed by atoms with Crippen LogP contribution in [-0.2, 0) is 11.3 Å². The minimum atomic E-state index is -0.315.